The predicted octanol–water partition coefficient (Wildman–Crippen LogP) is 1.83. The van der Waals surface area contributed by atoms with Gasteiger partial charge in [-0.1, -0.05) is 30.3 Å². The molecule has 1 aromatic heterocycles. The Kier molecular flexibility index (Phi) is 5.85. The molecule has 1 aliphatic rings. The largest absolute Gasteiger partial charge is 0.465 e. The fourth-order valence-corrected chi connectivity index (χ4v) is 3.31. The zero-order chi connectivity index (χ0) is 19.2. The molecule has 2 aromatic rings. The van der Waals surface area contributed by atoms with E-state index in [1.54, 1.807) is 0 Å². The van der Waals surface area contributed by atoms with E-state index in [1.807, 2.05) is 42.5 Å². The number of aromatic nitrogens is 2. The highest BCUT2D eigenvalue weighted by Crippen LogP contribution is 2.24. The van der Waals surface area contributed by atoms with Crippen LogP contribution in [0.25, 0.3) is 11.3 Å². The second-order valence-electron chi connectivity index (χ2n) is 6.70. The lowest BCUT2D eigenvalue weighted by molar-refractivity contribution is -0.119. The summed E-state index contributed by atoms with van der Waals surface area (Å²) in [6.45, 7) is 1.61. The van der Waals surface area contributed by atoms with Gasteiger partial charge < -0.3 is 15.7 Å². The smallest absolute Gasteiger partial charge is 0.407 e. The Balaban J connectivity index is 1.56. The molecule has 1 aromatic carbocycles. The van der Waals surface area contributed by atoms with Gasteiger partial charge in [0.15, 0.2) is 5.82 Å². The van der Waals surface area contributed by atoms with Crippen LogP contribution in [0.3, 0.4) is 0 Å². The number of hydrogen-bond acceptors (Lipinski definition) is 5. The van der Waals surface area contributed by atoms with E-state index in [9.17, 15) is 14.7 Å². The van der Waals surface area contributed by atoms with Crippen molar-refractivity contribution in [1.82, 2.24) is 15.1 Å². The first-order valence-corrected chi connectivity index (χ1v) is 8.93. The number of nitrogens with two attached hydrogens (primary N) is 1. The van der Waals surface area contributed by atoms with Gasteiger partial charge in [-0.15, -0.1) is 10.2 Å². The molecule has 0 radical (unpaired) electrons. The van der Waals surface area contributed by atoms with Crippen LogP contribution in [0.5, 0.6) is 0 Å². The standard InChI is InChI=1S/C19H23N5O3/c20-17(25)13-24(19(26)27)12-14-8-10-23(11-9-14)18-7-6-16(21-22-18)15-4-2-1-3-5-15/h1-7,14H,8-13H2,(H2,20,25)(H,26,27). The molecule has 2 heterocycles. The average Bonchev–Trinajstić information content (AvgIpc) is 2.68. The van der Waals surface area contributed by atoms with Crippen LogP contribution in [0, 0.1) is 5.92 Å². The topological polar surface area (TPSA) is 113 Å². The average molecular weight is 369 g/mol. The Morgan fingerprint density at radius 3 is 2.37 bits per heavy atom. The molecule has 0 bridgehead atoms. The molecule has 0 aliphatic carbocycles. The van der Waals surface area contributed by atoms with E-state index in [2.05, 4.69) is 15.1 Å². The summed E-state index contributed by atoms with van der Waals surface area (Å²) in [5.74, 6) is 0.386. The van der Waals surface area contributed by atoms with Gasteiger partial charge >= 0.3 is 6.09 Å². The molecule has 1 fully saturated rings. The molecular formula is C19H23N5O3. The van der Waals surface area contributed by atoms with Crippen molar-refractivity contribution in [3.05, 3.63) is 42.5 Å². The zero-order valence-electron chi connectivity index (χ0n) is 15.0. The molecule has 3 N–H and O–H groups in total. The third-order valence-corrected chi connectivity index (χ3v) is 4.75. The van der Waals surface area contributed by atoms with Crippen LogP contribution in [0.4, 0.5) is 10.6 Å². The van der Waals surface area contributed by atoms with Crippen molar-refractivity contribution in [1.29, 1.82) is 0 Å². The third kappa shape index (κ3) is 4.93. The number of benzene rings is 1. The summed E-state index contributed by atoms with van der Waals surface area (Å²) in [4.78, 5) is 25.5. The highest BCUT2D eigenvalue weighted by Gasteiger charge is 2.25. The van der Waals surface area contributed by atoms with E-state index >= 15 is 0 Å². The summed E-state index contributed by atoms with van der Waals surface area (Å²) in [6.07, 6.45) is 0.536. The number of nitrogens with zero attached hydrogens (tertiary/aromatic N) is 4. The van der Waals surface area contributed by atoms with Crippen LogP contribution in [0.15, 0.2) is 42.5 Å². The Morgan fingerprint density at radius 2 is 1.81 bits per heavy atom. The molecule has 1 aliphatic heterocycles. The molecule has 0 spiro atoms. The van der Waals surface area contributed by atoms with E-state index in [0.29, 0.717) is 6.54 Å². The van der Waals surface area contributed by atoms with Crippen LogP contribution < -0.4 is 10.6 Å². The minimum Gasteiger partial charge on any atom is -0.465 e. The number of carboxylic acid groups (broad SMARTS) is 1. The summed E-state index contributed by atoms with van der Waals surface area (Å²) in [5.41, 5.74) is 6.98. The van der Waals surface area contributed by atoms with Crippen molar-refractivity contribution in [3.8, 4) is 11.3 Å². The predicted molar refractivity (Wildman–Crippen MR) is 101 cm³/mol. The number of carbonyl (C=O) groups is 2. The molecule has 8 nitrogen and oxygen atoms in total. The number of hydrogen-bond donors (Lipinski definition) is 2. The SMILES string of the molecule is NC(=O)CN(CC1CCN(c2ccc(-c3ccccc3)nn2)CC1)C(=O)O. The minimum atomic E-state index is -1.11. The van der Waals surface area contributed by atoms with E-state index in [4.69, 9.17) is 5.73 Å². The summed E-state index contributed by atoms with van der Waals surface area (Å²) in [5, 5.41) is 17.9. The fourth-order valence-electron chi connectivity index (χ4n) is 3.31. The van der Waals surface area contributed by atoms with Crippen molar-refractivity contribution < 1.29 is 14.7 Å². The van der Waals surface area contributed by atoms with Gasteiger partial charge in [-0.2, -0.15) is 0 Å². The maximum absolute atomic E-state index is 11.2. The van der Waals surface area contributed by atoms with Gasteiger partial charge in [0, 0.05) is 25.2 Å². The van der Waals surface area contributed by atoms with E-state index in [0.717, 1.165) is 47.9 Å². The first-order valence-electron chi connectivity index (χ1n) is 8.93. The van der Waals surface area contributed by atoms with Crippen LogP contribution in [-0.2, 0) is 4.79 Å². The Morgan fingerprint density at radius 1 is 1.11 bits per heavy atom. The number of primary amides is 1. The quantitative estimate of drug-likeness (QED) is 0.803. The lowest BCUT2D eigenvalue weighted by Gasteiger charge is -2.34. The lowest BCUT2D eigenvalue weighted by Crippen LogP contribution is -2.43. The maximum atomic E-state index is 11.2. The van der Waals surface area contributed by atoms with Crippen molar-refractivity contribution in [2.75, 3.05) is 31.1 Å². The van der Waals surface area contributed by atoms with Gasteiger partial charge in [0.1, 0.15) is 6.54 Å². The highest BCUT2D eigenvalue weighted by molar-refractivity contribution is 5.80. The molecular weight excluding hydrogens is 346 g/mol. The maximum Gasteiger partial charge on any atom is 0.407 e. The Hall–Kier alpha value is -3.16. The molecule has 2 amide bonds. The van der Waals surface area contributed by atoms with Gasteiger partial charge in [-0.05, 0) is 30.9 Å². The molecule has 142 valence electrons. The van der Waals surface area contributed by atoms with Gasteiger partial charge in [-0.3, -0.25) is 9.69 Å². The summed E-state index contributed by atoms with van der Waals surface area (Å²) in [6, 6.07) is 13.8. The zero-order valence-corrected chi connectivity index (χ0v) is 15.0. The molecule has 3 rings (SSSR count). The van der Waals surface area contributed by atoms with Crippen LogP contribution in [-0.4, -0.2) is 58.4 Å². The molecule has 27 heavy (non-hydrogen) atoms. The van der Waals surface area contributed by atoms with Crippen molar-refractivity contribution in [2.24, 2.45) is 11.7 Å². The van der Waals surface area contributed by atoms with Gasteiger partial charge in [0.2, 0.25) is 5.91 Å². The Labute approximate surface area is 157 Å². The van der Waals surface area contributed by atoms with Crippen molar-refractivity contribution >= 4 is 17.8 Å². The van der Waals surface area contributed by atoms with Crippen molar-refractivity contribution in [2.45, 2.75) is 12.8 Å². The van der Waals surface area contributed by atoms with E-state index in [1.165, 1.54) is 0 Å². The van der Waals surface area contributed by atoms with Crippen molar-refractivity contribution in [3.63, 3.8) is 0 Å². The first kappa shape index (κ1) is 18.6. The van der Waals surface area contributed by atoms with Gasteiger partial charge in [-0.25, -0.2) is 4.79 Å². The minimum absolute atomic E-state index is 0.202. The lowest BCUT2D eigenvalue weighted by atomic mass is 9.96. The summed E-state index contributed by atoms with van der Waals surface area (Å²) >= 11 is 0. The summed E-state index contributed by atoms with van der Waals surface area (Å²) < 4.78 is 0. The number of carbonyl (C=O) groups excluding carboxylic acids is 1. The van der Waals surface area contributed by atoms with Gasteiger partial charge in [0.05, 0.1) is 5.69 Å². The molecule has 1 saturated heterocycles. The first-order chi connectivity index (χ1) is 13.0. The van der Waals surface area contributed by atoms with Crippen LogP contribution in [0.2, 0.25) is 0 Å². The van der Waals surface area contributed by atoms with E-state index < -0.39 is 12.0 Å². The second-order valence-corrected chi connectivity index (χ2v) is 6.70. The monoisotopic (exact) mass is 369 g/mol. The highest BCUT2D eigenvalue weighted by atomic mass is 16.4. The fraction of sp³-hybridized carbons (Fsp3) is 0.368. The van der Waals surface area contributed by atoms with Crippen LogP contribution in [0.1, 0.15) is 12.8 Å². The van der Waals surface area contributed by atoms with Gasteiger partial charge in [0.25, 0.3) is 0 Å². The molecule has 0 atom stereocenters. The second kappa shape index (κ2) is 8.48. The summed E-state index contributed by atoms with van der Waals surface area (Å²) in [7, 11) is 0. The normalized spacial score (nSPS) is 14.7. The molecule has 0 unspecified atom stereocenters. The number of rotatable bonds is 6. The van der Waals surface area contributed by atoms with Crippen LogP contribution >= 0.6 is 0 Å². The number of anilines is 1. The Bertz CT molecular complexity index is 774. The third-order valence-electron chi connectivity index (χ3n) is 4.75. The number of amides is 2. The number of piperidine rings is 1. The van der Waals surface area contributed by atoms with E-state index in [-0.39, 0.29) is 12.5 Å². The molecule has 8 heteroatoms. The molecule has 0 saturated carbocycles.